The zero-order valence-electron chi connectivity index (χ0n) is 17.6. The van der Waals surface area contributed by atoms with Crippen molar-refractivity contribution in [3.8, 4) is 0 Å². The van der Waals surface area contributed by atoms with Crippen LogP contribution in [0.25, 0.3) is 17.0 Å². The van der Waals surface area contributed by atoms with Gasteiger partial charge in [-0.05, 0) is 42.6 Å². The van der Waals surface area contributed by atoms with E-state index in [1.807, 2.05) is 0 Å². The fourth-order valence-corrected chi connectivity index (χ4v) is 3.87. The van der Waals surface area contributed by atoms with Crippen molar-refractivity contribution in [1.82, 2.24) is 9.88 Å². The number of nitrogens with one attached hydrogen (secondary N) is 1. The van der Waals surface area contributed by atoms with Crippen LogP contribution in [-0.2, 0) is 31.8 Å². The fourth-order valence-electron chi connectivity index (χ4n) is 3.59. The van der Waals surface area contributed by atoms with E-state index in [-0.39, 0.29) is 22.9 Å². The Morgan fingerprint density at radius 1 is 1.15 bits per heavy atom. The number of anilines is 1. The van der Waals surface area contributed by atoms with E-state index in [0.29, 0.717) is 16.5 Å². The van der Waals surface area contributed by atoms with Crippen molar-refractivity contribution in [1.29, 1.82) is 0 Å². The molecule has 34 heavy (non-hydrogen) atoms. The van der Waals surface area contributed by atoms with Crippen LogP contribution >= 0.6 is 12.2 Å². The fraction of sp³-hybridized carbons (Fsp3) is 0.130. The second-order valence-corrected chi connectivity index (χ2v) is 7.70. The van der Waals surface area contributed by atoms with Crippen LogP contribution in [0.3, 0.4) is 0 Å². The molecule has 11 heteroatoms. The smallest absolute Gasteiger partial charge is 0.416 e. The number of carbonyl (C=O) groups excluding carboxylic acids is 3. The van der Waals surface area contributed by atoms with Crippen molar-refractivity contribution in [2.24, 2.45) is 0 Å². The van der Waals surface area contributed by atoms with E-state index in [9.17, 15) is 27.6 Å². The molecule has 2 aromatic carbocycles. The van der Waals surface area contributed by atoms with Gasteiger partial charge in [0.25, 0.3) is 11.8 Å². The Bertz CT molecular complexity index is 1380. The summed E-state index contributed by atoms with van der Waals surface area (Å²) in [4.78, 5) is 38.5. The average Bonchev–Trinajstić information content (AvgIpc) is 3.13. The second-order valence-electron chi connectivity index (χ2n) is 7.31. The molecule has 0 spiro atoms. The maximum Gasteiger partial charge on any atom is 0.416 e. The predicted molar refractivity (Wildman–Crippen MR) is 122 cm³/mol. The molecule has 0 saturated carbocycles. The first kappa shape index (κ1) is 23.2. The lowest BCUT2D eigenvalue weighted by Gasteiger charge is -2.29. The number of aromatic nitrogens is 1. The van der Waals surface area contributed by atoms with Crippen molar-refractivity contribution in [3.63, 3.8) is 0 Å². The molecule has 4 rings (SSSR count). The minimum atomic E-state index is -4.63. The molecule has 0 aliphatic carbocycles. The van der Waals surface area contributed by atoms with Gasteiger partial charge in [-0.1, -0.05) is 24.3 Å². The standard InChI is InChI=1S/C23H16F3N3O4S/c1-33-19(30)12-28-11-13(16-7-2-3-8-18(16)28)9-17-20(31)27-22(34)29(21(17)32)15-6-4-5-14(10-15)23(24,25)26/h2-11H,12H2,1H3,(H,27,31,34)/b17-9+. The van der Waals surface area contributed by atoms with Crippen LogP contribution in [0.15, 0.2) is 60.3 Å². The van der Waals surface area contributed by atoms with E-state index in [4.69, 9.17) is 17.0 Å². The van der Waals surface area contributed by atoms with E-state index in [1.54, 1.807) is 35.0 Å². The molecule has 1 aliphatic heterocycles. The van der Waals surface area contributed by atoms with E-state index >= 15 is 0 Å². The van der Waals surface area contributed by atoms with Crippen LogP contribution in [0.1, 0.15) is 11.1 Å². The van der Waals surface area contributed by atoms with Gasteiger partial charge in [-0.2, -0.15) is 13.2 Å². The molecule has 1 N–H and O–H groups in total. The number of halogens is 3. The molecule has 2 amide bonds. The first-order valence-corrected chi connectivity index (χ1v) is 10.2. The first-order valence-electron chi connectivity index (χ1n) is 9.83. The molecule has 1 fully saturated rings. The lowest BCUT2D eigenvalue weighted by atomic mass is 10.1. The van der Waals surface area contributed by atoms with Gasteiger partial charge in [0.05, 0.1) is 18.4 Å². The third-order valence-corrected chi connectivity index (χ3v) is 5.46. The Labute approximate surface area is 196 Å². The highest BCUT2D eigenvalue weighted by atomic mass is 32.1. The Kier molecular flexibility index (Phi) is 5.96. The van der Waals surface area contributed by atoms with Gasteiger partial charge in [0, 0.05) is 22.7 Å². The summed E-state index contributed by atoms with van der Waals surface area (Å²) < 4.78 is 45.8. The van der Waals surface area contributed by atoms with Crippen molar-refractivity contribution in [2.75, 3.05) is 12.0 Å². The average molecular weight is 487 g/mol. The number of methoxy groups -OCH3 is 1. The van der Waals surface area contributed by atoms with Gasteiger partial charge in [0.1, 0.15) is 12.1 Å². The molecule has 0 unspecified atom stereocenters. The molecule has 0 atom stereocenters. The molecule has 3 aromatic rings. The SMILES string of the molecule is COC(=O)Cn1cc(/C=C2\C(=O)NC(=S)N(c3cccc(C(F)(F)F)c3)C2=O)c2ccccc21. The molecule has 7 nitrogen and oxygen atoms in total. The molecule has 1 saturated heterocycles. The molecule has 0 bridgehead atoms. The third kappa shape index (κ3) is 4.29. The molecular formula is C23H16F3N3O4S. The zero-order valence-corrected chi connectivity index (χ0v) is 18.4. The number of carbonyl (C=O) groups is 3. The number of ether oxygens (including phenoxy) is 1. The van der Waals surface area contributed by atoms with Crippen molar-refractivity contribution < 1.29 is 32.3 Å². The van der Waals surface area contributed by atoms with Crippen LogP contribution in [-0.4, -0.2) is 34.6 Å². The van der Waals surface area contributed by atoms with Gasteiger partial charge in [0.15, 0.2) is 5.11 Å². The van der Waals surface area contributed by atoms with Crippen molar-refractivity contribution in [2.45, 2.75) is 12.7 Å². The molecule has 2 heterocycles. The van der Waals surface area contributed by atoms with Crippen LogP contribution in [0.4, 0.5) is 18.9 Å². The van der Waals surface area contributed by atoms with Gasteiger partial charge >= 0.3 is 12.1 Å². The Morgan fingerprint density at radius 3 is 2.59 bits per heavy atom. The van der Waals surface area contributed by atoms with Crippen molar-refractivity contribution in [3.05, 3.63) is 71.4 Å². The summed E-state index contributed by atoms with van der Waals surface area (Å²) in [7, 11) is 1.26. The highest BCUT2D eigenvalue weighted by molar-refractivity contribution is 7.80. The first-order chi connectivity index (χ1) is 16.1. The van der Waals surface area contributed by atoms with E-state index < -0.39 is 29.5 Å². The minimum Gasteiger partial charge on any atom is -0.468 e. The predicted octanol–water partition coefficient (Wildman–Crippen LogP) is 3.66. The number of nitrogens with zero attached hydrogens (tertiary/aromatic N) is 2. The van der Waals surface area contributed by atoms with Crippen LogP contribution in [0.5, 0.6) is 0 Å². The summed E-state index contributed by atoms with van der Waals surface area (Å²) in [5.74, 6) is -2.16. The third-order valence-electron chi connectivity index (χ3n) is 5.18. The highest BCUT2D eigenvalue weighted by Crippen LogP contribution is 2.33. The Morgan fingerprint density at radius 2 is 1.88 bits per heavy atom. The lowest BCUT2D eigenvalue weighted by molar-refractivity contribution is -0.141. The van der Waals surface area contributed by atoms with Crippen LogP contribution < -0.4 is 10.2 Å². The van der Waals surface area contributed by atoms with E-state index in [0.717, 1.165) is 23.1 Å². The summed E-state index contributed by atoms with van der Waals surface area (Å²) in [5, 5.41) is 2.67. The Balaban J connectivity index is 1.78. The quantitative estimate of drug-likeness (QED) is 0.263. The maximum atomic E-state index is 13.2. The molecule has 1 aromatic heterocycles. The van der Waals surface area contributed by atoms with Crippen LogP contribution in [0.2, 0.25) is 0 Å². The summed E-state index contributed by atoms with van der Waals surface area (Å²) in [5.41, 5.74) is -0.312. The number of para-hydroxylation sites is 1. The summed E-state index contributed by atoms with van der Waals surface area (Å²) >= 11 is 5.07. The number of esters is 1. The lowest BCUT2D eigenvalue weighted by Crippen LogP contribution is -2.54. The van der Waals surface area contributed by atoms with Gasteiger partial charge in [-0.15, -0.1) is 0 Å². The zero-order chi connectivity index (χ0) is 24.6. The largest absolute Gasteiger partial charge is 0.468 e. The topological polar surface area (TPSA) is 80.6 Å². The van der Waals surface area contributed by atoms with Crippen molar-refractivity contribution >= 4 is 57.8 Å². The minimum absolute atomic E-state index is 0.0965. The maximum absolute atomic E-state index is 13.2. The number of fused-ring (bicyclic) bond motifs is 1. The molecule has 174 valence electrons. The van der Waals surface area contributed by atoms with Gasteiger partial charge < -0.3 is 9.30 Å². The summed E-state index contributed by atoms with van der Waals surface area (Å²) in [6, 6.07) is 11.1. The number of rotatable bonds is 4. The van der Waals surface area contributed by atoms with Gasteiger partial charge in [-0.3, -0.25) is 24.6 Å². The van der Waals surface area contributed by atoms with E-state index in [2.05, 4.69) is 5.32 Å². The molecule has 0 radical (unpaired) electrons. The van der Waals surface area contributed by atoms with E-state index in [1.165, 1.54) is 19.3 Å². The van der Waals surface area contributed by atoms with Gasteiger partial charge in [-0.25, -0.2) is 0 Å². The number of thiocarbonyl (C=S) groups is 1. The summed E-state index contributed by atoms with van der Waals surface area (Å²) in [6.45, 7) is -0.0965. The number of alkyl halides is 3. The second kappa shape index (κ2) is 8.75. The highest BCUT2D eigenvalue weighted by Gasteiger charge is 2.36. The summed E-state index contributed by atoms with van der Waals surface area (Å²) in [6.07, 6.45) is -1.73. The number of hydrogen-bond acceptors (Lipinski definition) is 5. The number of amides is 2. The number of hydrogen-bond donors (Lipinski definition) is 1. The van der Waals surface area contributed by atoms with Gasteiger partial charge in [0.2, 0.25) is 0 Å². The normalized spacial score (nSPS) is 15.7. The van der Waals surface area contributed by atoms with Crippen LogP contribution in [0, 0.1) is 0 Å². The Hall–Kier alpha value is -3.99. The number of benzene rings is 2. The monoisotopic (exact) mass is 487 g/mol. The molecule has 1 aliphatic rings. The molecular weight excluding hydrogens is 471 g/mol.